The first kappa shape index (κ1) is 16.8. The second kappa shape index (κ2) is 7.16. The van der Waals surface area contributed by atoms with E-state index < -0.39 is 0 Å². The minimum atomic E-state index is -0.102. The summed E-state index contributed by atoms with van der Waals surface area (Å²) in [6, 6.07) is 3.92. The van der Waals surface area contributed by atoms with Gasteiger partial charge in [-0.05, 0) is 31.7 Å². The van der Waals surface area contributed by atoms with Crippen LogP contribution >= 0.6 is 23.2 Å². The Morgan fingerprint density at radius 3 is 2.43 bits per heavy atom. The molecule has 0 bridgehead atoms. The summed E-state index contributed by atoms with van der Waals surface area (Å²) in [7, 11) is 3.65. The predicted molar refractivity (Wildman–Crippen MR) is 86.5 cm³/mol. The Hall–Kier alpha value is -0.520. The Kier molecular flexibility index (Phi) is 5.74. The number of hydrogen-bond donors (Lipinski definition) is 1. The van der Waals surface area contributed by atoms with Crippen molar-refractivity contribution in [1.29, 1.82) is 0 Å². The molecule has 0 amide bonds. The van der Waals surface area contributed by atoms with Crippen LogP contribution in [0.3, 0.4) is 0 Å². The van der Waals surface area contributed by atoms with Crippen LogP contribution in [0, 0.1) is 0 Å². The topological polar surface area (TPSA) is 35.9 Å². The van der Waals surface area contributed by atoms with Crippen molar-refractivity contribution < 1.29 is 9.84 Å². The van der Waals surface area contributed by atoms with Crippen molar-refractivity contribution in [2.24, 2.45) is 0 Å². The maximum atomic E-state index is 9.85. The third kappa shape index (κ3) is 3.63. The van der Waals surface area contributed by atoms with Crippen molar-refractivity contribution in [2.75, 3.05) is 40.4 Å². The van der Waals surface area contributed by atoms with Crippen molar-refractivity contribution in [2.45, 2.75) is 19.0 Å². The van der Waals surface area contributed by atoms with E-state index in [2.05, 4.69) is 23.8 Å². The summed E-state index contributed by atoms with van der Waals surface area (Å²) < 4.78 is 5.18. The van der Waals surface area contributed by atoms with E-state index in [-0.39, 0.29) is 12.6 Å². The summed E-state index contributed by atoms with van der Waals surface area (Å²) in [6.07, 6.45) is 0. The smallest absolute Gasteiger partial charge is 0.156 e. The van der Waals surface area contributed by atoms with Gasteiger partial charge in [-0.25, -0.2) is 0 Å². The summed E-state index contributed by atoms with van der Waals surface area (Å²) >= 11 is 12.4. The molecule has 21 heavy (non-hydrogen) atoms. The molecule has 0 saturated carbocycles. The zero-order valence-corrected chi connectivity index (χ0v) is 14.2. The van der Waals surface area contributed by atoms with E-state index in [0.717, 1.165) is 25.2 Å². The van der Waals surface area contributed by atoms with Gasteiger partial charge in [0.25, 0.3) is 0 Å². The van der Waals surface area contributed by atoms with Gasteiger partial charge in [0.05, 0.1) is 29.8 Å². The van der Waals surface area contributed by atoms with Crippen LogP contribution in [0.5, 0.6) is 5.75 Å². The minimum absolute atomic E-state index is 0.0348. The van der Waals surface area contributed by atoms with E-state index in [0.29, 0.717) is 21.8 Å². The third-order valence-corrected chi connectivity index (χ3v) is 4.63. The number of nitrogens with zero attached hydrogens (tertiary/aromatic N) is 2. The van der Waals surface area contributed by atoms with Crippen LogP contribution in [0.1, 0.15) is 18.5 Å². The molecular formula is C15H22Cl2N2O2. The second-order valence-electron chi connectivity index (χ2n) is 5.57. The maximum Gasteiger partial charge on any atom is 0.156 e. The molecule has 1 fully saturated rings. The van der Waals surface area contributed by atoms with Crippen molar-refractivity contribution in [3.8, 4) is 5.75 Å². The summed E-state index contributed by atoms with van der Waals surface area (Å²) in [4.78, 5) is 4.60. The number of methoxy groups -OCH3 is 1. The second-order valence-corrected chi connectivity index (χ2v) is 6.38. The lowest BCUT2D eigenvalue weighted by molar-refractivity contribution is 0.0341. The van der Waals surface area contributed by atoms with Crippen molar-refractivity contribution >= 4 is 23.2 Å². The first-order valence-corrected chi connectivity index (χ1v) is 7.81. The number of benzene rings is 1. The molecule has 2 unspecified atom stereocenters. The third-order valence-electron chi connectivity index (χ3n) is 4.06. The molecule has 6 heteroatoms. The van der Waals surface area contributed by atoms with Crippen molar-refractivity contribution in [3.63, 3.8) is 0 Å². The van der Waals surface area contributed by atoms with Gasteiger partial charge in [-0.15, -0.1) is 0 Å². The number of hydrogen-bond acceptors (Lipinski definition) is 4. The first-order valence-electron chi connectivity index (χ1n) is 7.06. The average molecular weight is 333 g/mol. The molecule has 0 radical (unpaired) electrons. The van der Waals surface area contributed by atoms with E-state index in [1.165, 1.54) is 0 Å². The Morgan fingerprint density at radius 1 is 1.33 bits per heavy atom. The molecule has 2 rings (SSSR count). The van der Waals surface area contributed by atoms with E-state index in [1.807, 2.05) is 12.1 Å². The van der Waals surface area contributed by atoms with Crippen LogP contribution in [0.2, 0.25) is 10.0 Å². The van der Waals surface area contributed by atoms with Gasteiger partial charge in [0.1, 0.15) is 0 Å². The molecule has 1 aromatic carbocycles. The highest BCUT2D eigenvalue weighted by Crippen LogP contribution is 2.37. The molecule has 1 N–H and O–H groups in total. The predicted octanol–water partition coefficient (Wildman–Crippen LogP) is 2.67. The fraction of sp³-hybridized carbons (Fsp3) is 0.600. The lowest BCUT2D eigenvalue weighted by atomic mass is 10.0. The van der Waals surface area contributed by atoms with Gasteiger partial charge in [-0.2, -0.15) is 0 Å². The SMILES string of the molecule is COc1c(Cl)cc(C(CO)N2CCN(C)CC2C)cc1Cl. The molecule has 4 nitrogen and oxygen atoms in total. The standard InChI is InChI=1S/C15H22Cl2N2O2/c1-10-8-18(2)4-5-19(10)14(9-20)11-6-12(16)15(21-3)13(17)7-11/h6-7,10,14,20H,4-5,8-9H2,1-3H3. The van der Waals surface area contributed by atoms with Gasteiger partial charge >= 0.3 is 0 Å². The highest BCUT2D eigenvalue weighted by molar-refractivity contribution is 6.37. The van der Waals surface area contributed by atoms with Gasteiger partial charge in [-0.1, -0.05) is 23.2 Å². The Morgan fingerprint density at radius 2 is 1.95 bits per heavy atom. The van der Waals surface area contributed by atoms with Crippen LogP contribution in [-0.2, 0) is 0 Å². The molecule has 1 heterocycles. The quantitative estimate of drug-likeness (QED) is 0.919. The van der Waals surface area contributed by atoms with Gasteiger partial charge in [0, 0.05) is 25.7 Å². The molecule has 2 atom stereocenters. The van der Waals surface area contributed by atoms with E-state index in [9.17, 15) is 5.11 Å². The fourth-order valence-corrected chi connectivity index (χ4v) is 3.64. The number of piperazine rings is 1. The van der Waals surface area contributed by atoms with Gasteiger partial charge in [0.2, 0.25) is 0 Å². The normalized spacial score (nSPS) is 22.3. The summed E-state index contributed by atoms with van der Waals surface area (Å²) in [5.74, 6) is 0.477. The number of likely N-dealkylation sites (N-methyl/N-ethyl adjacent to an activating group) is 1. The van der Waals surface area contributed by atoms with Crippen LogP contribution < -0.4 is 4.74 Å². The molecule has 0 aromatic heterocycles. The average Bonchev–Trinajstić information content (AvgIpc) is 2.41. The molecular weight excluding hydrogens is 311 g/mol. The number of rotatable bonds is 4. The van der Waals surface area contributed by atoms with Gasteiger partial charge in [0.15, 0.2) is 5.75 Å². The Bertz CT molecular complexity index is 476. The molecule has 1 aromatic rings. The minimum Gasteiger partial charge on any atom is -0.494 e. The summed E-state index contributed by atoms with van der Waals surface area (Å²) in [5.41, 5.74) is 0.921. The Balaban J connectivity index is 2.29. The lowest BCUT2D eigenvalue weighted by Crippen LogP contribution is -2.52. The molecule has 1 aliphatic heterocycles. The molecule has 1 saturated heterocycles. The fourth-order valence-electron chi connectivity index (χ4n) is 2.99. The van der Waals surface area contributed by atoms with Crippen LogP contribution in [0.4, 0.5) is 0 Å². The Labute approximate surface area is 136 Å². The highest BCUT2D eigenvalue weighted by Gasteiger charge is 2.29. The van der Waals surface area contributed by atoms with E-state index in [4.69, 9.17) is 27.9 Å². The van der Waals surface area contributed by atoms with E-state index in [1.54, 1.807) is 7.11 Å². The number of aliphatic hydroxyl groups is 1. The van der Waals surface area contributed by atoms with Crippen molar-refractivity contribution in [3.05, 3.63) is 27.7 Å². The van der Waals surface area contributed by atoms with Gasteiger partial charge < -0.3 is 14.7 Å². The monoisotopic (exact) mass is 332 g/mol. The summed E-state index contributed by atoms with van der Waals surface area (Å²) in [6.45, 7) is 5.08. The molecule has 1 aliphatic rings. The van der Waals surface area contributed by atoms with Crippen LogP contribution in [0.15, 0.2) is 12.1 Å². The first-order chi connectivity index (χ1) is 9.97. The largest absolute Gasteiger partial charge is 0.494 e. The van der Waals surface area contributed by atoms with Crippen LogP contribution in [-0.4, -0.2) is 61.3 Å². The number of halogens is 2. The zero-order valence-electron chi connectivity index (χ0n) is 12.6. The zero-order chi connectivity index (χ0) is 15.6. The number of ether oxygens (including phenoxy) is 1. The molecule has 0 spiro atoms. The molecule has 118 valence electrons. The van der Waals surface area contributed by atoms with Crippen LogP contribution in [0.25, 0.3) is 0 Å². The molecule has 0 aliphatic carbocycles. The van der Waals surface area contributed by atoms with Gasteiger partial charge in [-0.3, -0.25) is 4.90 Å². The van der Waals surface area contributed by atoms with E-state index >= 15 is 0 Å². The van der Waals surface area contributed by atoms with Crippen molar-refractivity contribution in [1.82, 2.24) is 9.80 Å². The highest BCUT2D eigenvalue weighted by atomic mass is 35.5. The maximum absolute atomic E-state index is 9.85. The number of aliphatic hydroxyl groups excluding tert-OH is 1. The lowest BCUT2D eigenvalue weighted by Gasteiger charge is -2.42. The summed E-state index contributed by atoms with van der Waals surface area (Å²) in [5, 5.41) is 10.8.